The fraction of sp³-hybridized carbons (Fsp3) is 1.00. The van der Waals surface area contributed by atoms with Gasteiger partial charge in [-0.1, -0.05) is 0 Å². The molecule has 0 aromatic heterocycles. The number of hydrogen-bond acceptors (Lipinski definition) is 8. The zero-order chi connectivity index (χ0) is 26.7. The summed E-state index contributed by atoms with van der Waals surface area (Å²) in [4.78, 5) is 95.7. The molecule has 0 aromatic rings. The van der Waals surface area contributed by atoms with E-state index in [1.165, 1.54) is 0 Å². The van der Waals surface area contributed by atoms with Gasteiger partial charge in [0.15, 0.2) is 17.7 Å². The third-order valence-electron chi connectivity index (χ3n) is 1.11. The van der Waals surface area contributed by atoms with E-state index in [4.69, 9.17) is 70.2 Å². The van der Waals surface area contributed by atoms with Crippen molar-refractivity contribution in [2.75, 3.05) is 17.7 Å². The maximum absolute atomic E-state index is 9.85. The number of nitrogens with two attached hydrogens (primary N) is 2. The molecule has 0 aliphatic rings. The highest BCUT2D eigenvalue weighted by Gasteiger charge is 2.28. The molecule has 0 radical (unpaired) electrons. The molecule has 0 rings (SSSR count). The average molecular weight is 588 g/mol. The quantitative estimate of drug-likeness (QED) is 0.110. The van der Waals surface area contributed by atoms with Crippen LogP contribution in [0.2, 0.25) is 0 Å². The maximum atomic E-state index is 9.85. The summed E-state index contributed by atoms with van der Waals surface area (Å²) in [5.41, 5.74) is 9.78. The van der Waals surface area contributed by atoms with Crippen molar-refractivity contribution in [1.29, 1.82) is 0 Å². The lowest BCUT2D eigenvalue weighted by Gasteiger charge is -2.03. The van der Waals surface area contributed by atoms with Crippen LogP contribution < -0.4 is 11.5 Å². The highest BCUT2D eigenvalue weighted by atomic mass is 31.2. The summed E-state index contributed by atoms with van der Waals surface area (Å²) in [5.74, 6) is -4.12. The first kappa shape index (κ1) is 39.1. The van der Waals surface area contributed by atoms with Gasteiger partial charge in [0.2, 0.25) is 0 Å². The second kappa shape index (κ2) is 14.9. The number of rotatable bonds is 6. The van der Waals surface area contributed by atoms with Crippen LogP contribution >= 0.6 is 45.6 Å². The molecule has 0 unspecified atom stereocenters. The predicted octanol–water partition coefficient (Wildman–Crippen LogP) is -2.85. The van der Waals surface area contributed by atoms with Crippen LogP contribution in [0.5, 0.6) is 0 Å². The molecule has 31 heavy (non-hydrogen) atoms. The van der Waals surface area contributed by atoms with Crippen molar-refractivity contribution in [2.45, 2.75) is 13.1 Å². The van der Waals surface area contributed by atoms with E-state index in [0.29, 0.717) is 0 Å². The maximum Gasteiger partial charge on any atom is 0.337 e. The van der Waals surface area contributed by atoms with Crippen LogP contribution in [0.1, 0.15) is 6.92 Å². The first-order valence-electron chi connectivity index (χ1n) is 6.64. The van der Waals surface area contributed by atoms with Gasteiger partial charge < -0.3 is 70.2 Å². The zero-order valence-corrected chi connectivity index (χ0v) is 20.7. The molecule has 0 amide bonds. The molecule has 26 heteroatoms. The van der Waals surface area contributed by atoms with E-state index in [9.17, 15) is 27.4 Å². The molecule has 0 aliphatic heterocycles. The van der Waals surface area contributed by atoms with E-state index >= 15 is 0 Å². The minimum absolute atomic E-state index is 0.167. The third-order valence-corrected chi connectivity index (χ3v) is 9.95. The van der Waals surface area contributed by atoms with Gasteiger partial charge >= 0.3 is 45.6 Å². The molecule has 0 saturated heterocycles. The van der Waals surface area contributed by atoms with E-state index in [1.807, 2.05) is 0 Å². The monoisotopic (exact) mass is 588 g/mol. The summed E-state index contributed by atoms with van der Waals surface area (Å²) in [6, 6.07) is 0. The van der Waals surface area contributed by atoms with Crippen LogP contribution in [0.15, 0.2) is 0 Å². The Labute approximate surface area is 174 Å². The van der Waals surface area contributed by atoms with Gasteiger partial charge in [-0.25, -0.2) is 0 Å². The molecule has 16 N–H and O–H groups in total. The highest BCUT2D eigenvalue weighted by molar-refractivity contribution is 7.70. The molecule has 194 valence electrons. The van der Waals surface area contributed by atoms with E-state index in [2.05, 4.69) is 0 Å². The summed E-state index contributed by atoms with van der Waals surface area (Å²) in [6.45, 7) is 1.72. The van der Waals surface area contributed by atoms with Crippen LogP contribution in [0.25, 0.3) is 0 Å². The van der Waals surface area contributed by atoms with Crippen molar-refractivity contribution in [1.82, 2.24) is 0 Å². The van der Waals surface area contributed by atoms with Crippen molar-refractivity contribution >= 4 is 45.6 Å². The average Bonchev–Trinajstić information content (AvgIpc) is 2.10. The van der Waals surface area contributed by atoms with Crippen LogP contribution in [-0.4, -0.2) is 82.6 Å². The second-order valence-electron chi connectivity index (χ2n) is 5.27. The normalized spacial score (nSPS) is 13.2. The minimum Gasteiger partial charge on any atom is -0.324 e. The van der Waals surface area contributed by atoms with Crippen LogP contribution in [-0.2, 0) is 27.4 Å². The van der Waals surface area contributed by atoms with Gasteiger partial charge in [0.1, 0.15) is 0 Å². The van der Waals surface area contributed by atoms with Crippen LogP contribution in [0.4, 0.5) is 0 Å². The lowest BCUT2D eigenvalue weighted by molar-refractivity contribution is 0.352. The molecule has 20 nitrogen and oxygen atoms in total. The van der Waals surface area contributed by atoms with Crippen molar-refractivity contribution in [2.24, 2.45) is 11.5 Å². The van der Waals surface area contributed by atoms with Gasteiger partial charge in [0.05, 0.1) is 0 Å². The largest absolute Gasteiger partial charge is 0.337 e. The molecular weight excluding hydrogens is 562 g/mol. The van der Waals surface area contributed by atoms with Gasteiger partial charge in [-0.2, -0.15) is 0 Å². The molecule has 0 bridgehead atoms. The zero-order valence-electron chi connectivity index (χ0n) is 15.4. The molecule has 0 spiro atoms. The van der Waals surface area contributed by atoms with Crippen LogP contribution in [0.3, 0.4) is 0 Å². The summed E-state index contributed by atoms with van der Waals surface area (Å²) in [6.07, 6.45) is -0.167. The lowest BCUT2D eigenvalue weighted by Crippen LogP contribution is -2.25. The van der Waals surface area contributed by atoms with Gasteiger partial charge in [-0.15, -0.1) is 0 Å². The molecule has 0 fully saturated rings. The summed E-state index contributed by atoms with van der Waals surface area (Å²) >= 11 is 0. The SMILES string of the molecule is CC(N)N.O=P(O)(O)CP(=O)(O)O.O=P(O)(O)CP(=O)(O)O.O=P(O)(O)CP(=O)(O)O. The van der Waals surface area contributed by atoms with Gasteiger partial charge in [0.25, 0.3) is 0 Å². The van der Waals surface area contributed by atoms with Crippen molar-refractivity contribution in [3.05, 3.63) is 0 Å². The lowest BCUT2D eigenvalue weighted by atomic mass is 10.7. The second-order valence-corrected chi connectivity index (χ2v) is 16.6. The van der Waals surface area contributed by atoms with E-state index in [0.717, 1.165) is 0 Å². The van der Waals surface area contributed by atoms with Crippen molar-refractivity contribution in [3.8, 4) is 0 Å². The molecule has 0 aromatic carbocycles. The van der Waals surface area contributed by atoms with E-state index in [1.54, 1.807) is 6.92 Å². The number of hydrogen-bond donors (Lipinski definition) is 14. The smallest absolute Gasteiger partial charge is 0.324 e. The standard InChI is InChI=1S/C2H8N2.3CH6O6P2/c1-2(3)4;3*2-8(3,4)1-9(5,6)7/h2H,3-4H2,1H3;3*1H2,(H2,2,3,4)(H2,5,6,7). The fourth-order valence-corrected chi connectivity index (χ4v) is 6.48. The fourth-order valence-electron chi connectivity index (χ4n) is 0.720. The summed E-state index contributed by atoms with van der Waals surface area (Å²) in [5, 5.41) is 0. The van der Waals surface area contributed by atoms with Crippen molar-refractivity contribution < 1.29 is 86.1 Å². The Bertz CT molecular complexity index is 611. The Morgan fingerprint density at radius 3 is 0.516 bits per heavy atom. The Morgan fingerprint density at radius 2 is 0.516 bits per heavy atom. The van der Waals surface area contributed by atoms with E-state index in [-0.39, 0.29) is 6.17 Å². The first-order valence-corrected chi connectivity index (χ1v) is 17.4. The van der Waals surface area contributed by atoms with Crippen molar-refractivity contribution in [3.63, 3.8) is 0 Å². The third kappa shape index (κ3) is 72.3. The minimum atomic E-state index is -4.55. The summed E-state index contributed by atoms with van der Waals surface area (Å²) < 4.78 is 59.1. The topological polar surface area (TPSA) is 397 Å². The van der Waals surface area contributed by atoms with E-state index < -0.39 is 63.3 Å². The Hall–Kier alpha value is 0.820. The Morgan fingerprint density at radius 1 is 0.452 bits per heavy atom. The van der Waals surface area contributed by atoms with Gasteiger partial charge in [-0.05, 0) is 6.92 Å². The van der Waals surface area contributed by atoms with Gasteiger partial charge in [0, 0.05) is 6.17 Å². The summed E-state index contributed by atoms with van der Waals surface area (Å²) in [7, 11) is -27.3. The van der Waals surface area contributed by atoms with Gasteiger partial charge in [-0.3, -0.25) is 27.4 Å². The predicted molar refractivity (Wildman–Crippen MR) is 105 cm³/mol. The first-order chi connectivity index (χ1) is 12.9. The molecule has 0 atom stereocenters. The highest BCUT2D eigenvalue weighted by Crippen LogP contribution is 2.52. The Balaban J connectivity index is -0.000000162. The molecule has 0 aliphatic carbocycles. The molecule has 0 saturated carbocycles. The Kier molecular flexibility index (Phi) is 18.8. The van der Waals surface area contributed by atoms with Crippen LogP contribution in [0, 0.1) is 0 Å². The molecular formula is C5H26N2O18P6. The molecule has 0 heterocycles.